The number of carbonyl (C=O) groups excluding carboxylic acids is 2. The number of nitrogens with one attached hydrogen (secondary N) is 4. The molecule has 2 aromatic rings. The van der Waals surface area contributed by atoms with Crippen molar-refractivity contribution in [3.63, 3.8) is 0 Å². The molecule has 3 aliphatic rings. The molecule has 5 rings (SSSR count). The van der Waals surface area contributed by atoms with Crippen LogP contribution in [0.5, 0.6) is 11.5 Å². The first-order valence-corrected chi connectivity index (χ1v) is 11.6. The third-order valence-electron chi connectivity index (χ3n) is 5.67. The fraction of sp³-hybridized carbons (Fsp3) is 0.364. The van der Waals surface area contributed by atoms with E-state index in [1.807, 2.05) is 36.4 Å². The van der Waals surface area contributed by atoms with E-state index in [0.717, 1.165) is 11.3 Å². The van der Waals surface area contributed by atoms with Crippen molar-refractivity contribution >= 4 is 23.6 Å². The van der Waals surface area contributed by atoms with E-state index >= 15 is 0 Å². The number of ether oxygens (including phenoxy) is 2. The number of carbonyl (C=O) groups is 2. The highest BCUT2D eigenvalue weighted by Crippen LogP contribution is 2.32. The van der Waals surface area contributed by atoms with Gasteiger partial charge in [0.05, 0.1) is 17.8 Å². The number of amides is 2. The maximum atomic E-state index is 12.6. The second-order valence-corrected chi connectivity index (χ2v) is 8.95. The van der Waals surface area contributed by atoms with Gasteiger partial charge in [0.2, 0.25) is 18.6 Å². The number of fused-ring (bicyclic) bond motifs is 2. The summed E-state index contributed by atoms with van der Waals surface area (Å²) in [6.45, 7) is 1.90. The summed E-state index contributed by atoms with van der Waals surface area (Å²) in [5.74, 6) is 1.37. The van der Waals surface area contributed by atoms with Crippen LogP contribution in [-0.2, 0) is 22.7 Å². The van der Waals surface area contributed by atoms with Crippen LogP contribution in [0.1, 0.15) is 11.1 Å². The normalized spacial score (nSPS) is 24.1. The molecule has 0 spiro atoms. The monoisotopic (exact) mass is 455 g/mol. The Balaban J connectivity index is 1.11. The first kappa shape index (κ1) is 21.1. The topological polar surface area (TPSA) is 104 Å². The number of nitrogens with zero attached hydrogens (tertiary/aromatic N) is 1. The number of hydrogen-bond acceptors (Lipinski definition) is 8. The summed E-state index contributed by atoms with van der Waals surface area (Å²) in [5, 5.41) is 11.4. The molecule has 3 unspecified atom stereocenters. The lowest BCUT2D eigenvalue weighted by Crippen LogP contribution is -2.62. The number of thioether (sulfide) groups is 1. The Morgan fingerprint density at radius 1 is 1.12 bits per heavy atom. The van der Waals surface area contributed by atoms with Gasteiger partial charge in [-0.1, -0.05) is 36.4 Å². The van der Waals surface area contributed by atoms with E-state index in [1.165, 1.54) is 17.3 Å². The molecule has 0 saturated carbocycles. The Labute approximate surface area is 190 Å². The molecule has 9 nitrogen and oxygen atoms in total. The van der Waals surface area contributed by atoms with Gasteiger partial charge in [0, 0.05) is 19.6 Å². The molecule has 0 aromatic heterocycles. The molecule has 0 aliphatic carbocycles. The Morgan fingerprint density at radius 2 is 1.97 bits per heavy atom. The number of rotatable bonds is 7. The van der Waals surface area contributed by atoms with Gasteiger partial charge < -0.3 is 20.1 Å². The molecular weight excluding hydrogens is 430 g/mol. The van der Waals surface area contributed by atoms with Gasteiger partial charge in [-0.2, -0.15) is 0 Å². The van der Waals surface area contributed by atoms with Crippen LogP contribution in [-0.4, -0.2) is 47.6 Å². The zero-order chi connectivity index (χ0) is 21.9. The predicted octanol–water partition coefficient (Wildman–Crippen LogP) is 0.730. The Hall–Kier alpha value is -2.79. The van der Waals surface area contributed by atoms with E-state index in [9.17, 15) is 9.59 Å². The molecule has 0 bridgehead atoms. The lowest BCUT2D eigenvalue weighted by molar-refractivity contribution is -0.128. The fourth-order valence-electron chi connectivity index (χ4n) is 4.00. The minimum Gasteiger partial charge on any atom is -0.454 e. The molecule has 2 amide bonds. The zero-order valence-corrected chi connectivity index (χ0v) is 18.2. The van der Waals surface area contributed by atoms with Gasteiger partial charge >= 0.3 is 0 Å². The van der Waals surface area contributed by atoms with E-state index in [1.54, 1.807) is 0 Å². The van der Waals surface area contributed by atoms with Gasteiger partial charge in [-0.05, 0) is 23.3 Å². The number of benzene rings is 2. The SMILES string of the molecule is O=C(CSC1NC(=O)C2CNN(Cc3ccccc3)C2N1)NCc1ccc2c(c1)OCO2. The van der Waals surface area contributed by atoms with Crippen molar-refractivity contribution < 1.29 is 19.1 Å². The number of hydrogen-bond donors (Lipinski definition) is 4. The summed E-state index contributed by atoms with van der Waals surface area (Å²) in [7, 11) is 0. The molecule has 2 saturated heterocycles. The van der Waals surface area contributed by atoms with E-state index in [0.29, 0.717) is 25.4 Å². The summed E-state index contributed by atoms with van der Waals surface area (Å²) in [6.07, 6.45) is -0.127. The molecule has 3 atom stereocenters. The first-order valence-electron chi connectivity index (χ1n) is 10.5. The quantitative estimate of drug-likeness (QED) is 0.485. The van der Waals surface area contributed by atoms with E-state index in [4.69, 9.17) is 9.47 Å². The van der Waals surface area contributed by atoms with Crippen LogP contribution in [0.3, 0.4) is 0 Å². The van der Waals surface area contributed by atoms with Gasteiger partial charge in [0.1, 0.15) is 5.50 Å². The molecule has 10 heteroatoms. The van der Waals surface area contributed by atoms with Crippen LogP contribution in [0.4, 0.5) is 0 Å². The lowest BCUT2D eigenvalue weighted by atomic mass is 10.1. The second-order valence-electron chi connectivity index (χ2n) is 7.86. The van der Waals surface area contributed by atoms with Crippen molar-refractivity contribution in [1.82, 2.24) is 26.4 Å². The van der Waals surface area contributed by atoms with Gasteiger partial charge in [-0.15, -0.1) is 11.8 Å². The molecule has 3 aliphatic heterocycles. The minimum atomic E-state index is -0.335. The molecular formula is C22H25N5O4S. The third-order valence-corrected chi connectivity index (χ3v) is 6.68. The van der Waals surface area contributed by atoms with Crippen molar-refractivity contribution in [2.24, 2.45) is 5.92 Å². The Morgan fingerprint density at radius 3 is 2.84 bits per heavy atom. The van der Waals surface area contributed by atoms with Gasteiger partial charge in [0.25, 0.3) is 0 Å². The van der Waals surface area contributed by atoms with Gasteiger partial charge in [-0.3, -0.25) is 20.3 Å². The molecule has 168 valence electrons. The fourth-order valence-corrected chi connectivity index (χ4v) is 4.86. The minimum absolute atomic E-state index is 0.00456. The predicted molar refractivity (Wildman–Crippen MR) is 119 cm³/mol. The second kappa shape index (κ2) is 9.37. The molecule has 2 aromatic carbocycles. The summed E-state index contributed by atoms with van der Waals surface area (Å²) in [6, 6.07) is 15.7. The molecule has 2 fully saturated rings. The maximum Gasteiger partial charge on any atom is 0.231 e. The Kier molecular flexibility index (Phi) is 6.17. The lowest BCUT2D eigenvalue weighted by Gasteiger charge is -2.36. The average Bonchev–Trinajstić information content (AvgIpc) is 3.44. The van der Waals surface area contributed by atoms with E-state index in [-0.39, 0.29) is 41.9 Å². The van der Waals surface area contributed by atoms with Crippen molar-refractivity contribution in [1.29, 1.82) is 0 Å². The smallest absolute Gasteiger partial charge is 0.231 e. The highest BCUT2D eigenvalue weighted by Gasteiger charge is 2.43. The molecule has 4 N–H and O–H groups in total. The molecule has 0 radical (unpaired) electrons. The standard InChI is InChI=1S/C22H25N5O4S/c28-19(23-9-15-6-7-17-18(8-15)31-13-30-17)12-32-22-25-20-16(21(29)26-22)10-24-27(20)11-14-4-2-1-3-5-14/h1-8,16,20,22,24-25H,9-13H2,(H,23,28)(H,26,29). The highest BCUT2D eigenvalue weighted by molar-refractivity contribution is 8.00. The third kappa shape index (κ3) is 4.68. The summed E-state index contributed by atoms with van der Waals surface area (Å²) < 4.78 is 10.7. The van der Waals surface area contributed by atoms with Crippen molar-refractivity contribution in [2.75, 3.05) is 19.1 Å². The van der Waals surface area contributed by atoms with Crippen LogP contribution in [0.15, 0.2) is 48.5 Å². The summed E-state index contributed by atoms with van der Waals surface area (Å²) >= 11 is 1.37. The van der Waals surface area contributed by atoms with Crippen LogP contribution in [0.25, 0.3) is 0 Å². The molecule has 32 heavy (non-hydrogen) atoms. The Bertz CT molecular complexity index is 992. The number of hydrazine groups is 1. The highest BCUT2D eigenvalue weighted by atomic mass is 32.2. The van der Waals surface area contributed by atoms with Gasteiger partial charge in [0.15, 0.2) is 11.5 Å². The van der Waals surface area contributed by atoms with Crippen molar-refractivity contribution in [3.8, 4) is 11.5 Å². The molecule has 3 heterocycles. The van der Waals surface area contributed by atoms with Crippen LogP contribution < -0.4 is 30.8 Å². The average molecular weight is 456 g/mol. The zero-order valence-electron chi connectivity index (χ0n) is 17.4. The van der Waals surface area contributed by atoms with Crippen molar-refractivity contribution in [2.45, 2.75) is 24.8 Å². The van der Waals surface area contributed by atoms with E-state index in [2.05, 4.69) is 38.5 Å². The van der Waals surface area contributed by atoms with Crippen LogP contribution in [0.2, 0.25) is 0 Å². The van der Waals surface area contributed by atoms with Crippen LogP contribution >= 0.6 is 11.8 Å². The largest absolute Gasteiger partial charge is 0.454 e. The summed E-state index contributed by atoms with van der Waals surface area (Å²) in [4.78, 5) is 24.9. The van der Waals surface area contributed by atoms with E-state index < -0.39 is 0 Å². The first-order chi connectivity index (χ1) is 15.7. The maximum absolute atomic E-state index is 12.6. The van der Waals surface area contributed by atoms with Gasteiger partial charge in [-0.25, -0.2) is 5.01 Å². The van der Waals surface area contributed by atoms with Crippen LogP contribution in [0, 0.1) is 5.92 Å². The summed E-state index contributed by atoms with van der Waals surface area (Å²) in [5.41, 5.74) is 5.09. The van der Waals surface area contributed by atoms with Crippen molar-refractivity contribution in [3.05, 3.63) is 59.7 Å².